The minimum Gasteiger partial charge on any atom is -0.299 e. The van der Waals surface area contributed by atoms with Crippen molar-refractivity contribution in [3.63, 3.8) is 0 Å². The average Bonchev–Trinajstić information content (AvgIpc) is 3.35. The second-order valence-electron chi connectivity index (χ2n) is 10.5. The number of nitrogens with zero attached hydrogens (tertiary/aromatic N) is 3. The van der Waals surface area contributed by atoms with E-state index in [1.54, 1.807) is 24.3 Å². The topological polar surface area (TPSA) is 107 Å². The van der Waals surface area contributed by atoms with Gasteiger partial charge in [0, 0.05) is 37.9 Å². The summed E-state index contributed by atoms with van der Waals surface area (Å²) in [5.74, 6) is 0. The van der Waals surface area contributed by atoms with Crippen LogP contribution in [0.1, 0.15) is 29.5 Å². The number of benzene rings is 3. The third-order valence-electron chi connectivity index (χ3n) is 7.54. The Labute approximate surface area is 236 Å². The van der Waals surface area contributed by atoms with Crippen molar-refractivity contribution in [3.8, 4) is 0 Å². The highest BCUT2D eigenvalue weighted by Crippen LogP contribution is 2.35. The monoisotopic (exact) mass is 582 g/mol. The van der Waals surface area contributed by atoms with Crippen LogP contribution in [0.3, 0.4) is 0 Å². The lowest BCUT2D eigenvalue weighted by molar-refractivity contribution is 0.198. The molecule has 0 atom stereocenters. The third kappa shape index (κ3) is 6.16. The first-order valence-corrected chi connectivity index (χ1v) is 16.6. The number of aryl methyl sites for hydroxylation is 1. The number of nitrogens with one attached hydrogen (secondary N) is 1. The number of sulfonamides is 2. The molecule has 0 bridgehead atoms. The van der Waals surface area contributed by atoms with Gasteiger partial charge in [0.2, 0.25) is 10.0 Å². The van der Waals surface area contributed by atoms with Crippen molar-refractivity contribution in [3.05, 3.63) is 89.5 Å². The van der Waals surface area contributed by atoms with E-state index in [9.17, 15) is 21.6 Å². The summed E-state index contributed by atoms with van der Waals surface area (Å²) in [6, 6.07) is 20.8. The van der Waals surface area contributed by atoms with E-state index in [-0.39, 0.29) is 10.9 Å². The Hall–Kier alpha value is -3.41. The Morgan fingerprint density at radius 3 is 2.25 bits per heavy atom. The largest absolute Gasteiger partial charge is 0.336 e. The van der Waals surface area contributed by atoms with Crippen LogP contribution < -0.4 is 13.9 Å². The molecule has 3 aromatic carbocycles. The van der Waals surface area contributed by atoms with Crippen molar-refractivity contribution in [2.24, 2.45) is 0 Å². The van der Waals surface area contributed by atoms with Crippen LogP contribution in [0.15, 0.2) is 77.7 Å². The summed E-state index contributed by atoms with van der Waals surface area (Å²) in [5.41, 5.74) is 4.08. The average molecular weight is 583 g/mol. The highest BCUT2D eigenvalue weighted by atomic mass is 32.2. The number of likely N-dealkylation sites (tertiary alicyclic amines) is 1. The van der Waals surface area contributed by atoms with Crippen molar-refractivity contribution < 1.29 is 21.6 Å². The van der Waals surface area contributed by atoms with Gasteiger partial charge in [0.25, 0.3) is 10.0 Å². The molecule has 40 heavy (non-hydrogen) atoms. The summed E-state index contributed by atoms with van der Waals surface area (Å²) in [6.07, 6.45) is 3.02. The van der Waals surface area contributed by atoms with Crippen LogP contribution in [0.25, 0.3) is 0 Å². The zero-order valence-electron chi connectivity index (χ0n) is 22.7. The number of carbonyl (C=O) groups excluding carboxylic acids is 1. The first kappa shape index (κ1) is 28.1. The first-order valence-electron chi connectivity index (χ1n) is 13.3. The predicted octanol–water partition coefficient (Wildman–Crippen LogP) is 3.89. The molecular weight excluding hydrogens is 548 g/mol. The highest BCUT2D eigenvalue weighted by molar-refractivity contribution is 7.92. The van der Waals surface area contributed by atoms with Gasteiger partial charge < -0.3 is 0 Å². The summed E-state index contributed by atoms with van der Waals surface area (Å²) >= 11 is 0. The fraction of sp³-hybridized carbons (Fsp3) is 0.345. The summed E-state index contributed by atoms with van der Waals surface area (Å²) in [5, 5.41) is 0. The van der Waals surface area contributed by atoms with Gasteiger partial charge in [-0.3, -0.25) is 14.1 Å². The number of carbonyl (C=O) groups is 1. The van der Waals surface area contributed by atoms with Crippen LogP contribution in [0.2, 0.25) is 0 Å². The number of piperidine rings is 1. The summed E-state index contributed by atoms with van der Waals surface area (Å²) in [6.45, 7) is 4.51. The Balaban J connectivity index is 1.41. The lowest BCUT2D eigenvalue weighted by Gasteiger charge is -2.38. The number of anilines is 2. The zero-order valence-corrected chi connectivity index (χ0v) is 24.3. The number of amides is 2. The third-order valence-corrected chi connectivity index (χ3v) is 10.1. The Morgan fingerprint density at radius 2 is 1.60 bits per heavy atom. The van der Waals surface area contributed by atoms with E-state index in [1.165, 1.54) is 33.2 Å². The van der Waals surface area contributed by atoms with Crippen LogP contribution in [0, 0.1) is 6.92 Å². The molecule has 9 nitrogen and oxygen atoms in total. The van der Waals surface area contributed by atoms with Gasteiger partial charge in [-0.05, 0) is 67.6 Å². The Bertz CT molecular complexity index is 1590. The molecule has 2 aliphatic rings. The van der Waals surface area contributed by atoms with Crippen molar-refractivity contribution in [2.75, 3.05) is 35.1 Å². The fourth-order valence-corrected chi connectivity index (χ4v) is 7.36. The summed E-state index contributed by atoms with van der Waals surface area (Å²) in [7, 11) is -7.52. The highest BCUT2D eigenvalue weighted by Gasteiger charge is 2.33. The second-order valence-corrected chi connectivity index (χ2v) is 14.1. The van der Waals surface area contributed by atoms with Gasteiger partial charge in [-0.2, -0.15) is 0 Å². The molecule has 1 N–H and O–H groups in total. The maximum absolute atomic E-state index is 13.7. The molecule has 11 heteroatoms. The summed E-state index contributed by atoms with van der Waals surface area (Å²) in [4.78, 5) is 17.6. The molecule has 0 spiro atoms. The van der Waals surface area contributed by atoms with E-state index in [0.717, 1.165) is 30.8 Å². The van der Waals surface area contributed by atoms with Crippen molar-refractivity contribution >= 4 is 37.5 Å². The standard InChI is InChI=1S/C29H34N4O5S2/c1-22-8-11-27(12-9-22)40(37,38)30-29(34)33(25-15-17-31(18-16-25)21-23-6-4-3-5-7-23)26-10-13-28-24(20-26)14-19-32(28)39(2,35)36/h3-13,20,25H,14-19,21H2,1-2H3,(H,30,34). The molecule has 2 amide bonds. The second kappa shape index (κ2) is 11.2. The van der Waals surface area contributed by atoms with Crippen LogP contribution in [-0.2, 0) is 33.0 Å². The smallest absolute Gasteiger partial charge is 0.299 e. The molecule has 0 radical (unpaired) electrons. The SMILES string of the molecule is Cc1ccc(S(=O)(=O)NC(=O)N(c2ccc3c(c2)CCN3S(C)(=O)=O)C2CCN(Cc3ccccc3)CC2)cc1. The predicted molar refractivity (Wildman–Crippen MR) is 156 cm³/mol. The fourth-order valence-electron chi connectivity index (χ4n) is 5.46. The molecule has 1 fully saturated rings. The van der Waals surface area contributed by atoms with Crippen LogP contribution in [-0.4, -0.2) is 59.7 Å². The Morgan fingerprint density at radius 1 is 0.925 bits per heavy atom. The molecule has 3 aromatic rings. The van der Waals surface area contributed by atoms with Crippen molar-refractivity contribution in [1.82, 2.24) is 9.62 Å². The molecule has 0 unspecified atom stereocenters. The number of hydrogen-bond acceptors (Lipinski definition) is 6. The number of hydrogen-bond donors (Lipinski definition) is 1. The van der Waals surface area contributed by atoms with E-state index < -0.39 is 26.1 Å². The molecule has 0 aliphatic carbocycles. The van der Waals surface area contributed by atoms with Gasteiger partial charge in [0.05, 0.1) is 16.8 Å². The normalized spacial score (nSPS) is 16.5. The molecule has 0 aromatic heterocycles. The van der Waals surface area contributed by atoms with Gasteiger partial charge in [0.15, 0.2) is 0 Å². The molecule has 0 saturated carbocycles. The lowest BCUT2D eigenvalue weighted by Crippen LogP contribution is -2.52. The molecule has 212 valence electrons. The first-order chi connectivity index (χ1) is 19.0. The molecule has 5 rings (SSSR count). The molecule has 2 aliphatic heterocycles. The van der Waals surface area contributed by atoms with Gasteiger partial charge >= 0.3 is 6.03 Å². The number of fused-ring (bicyclic) bond motifs is 1. The number of rotatable bonds is 7. The van der Waals surface area contributed by atoms with Crippen LogP contribution >= 0.6 is 0 Å². The Kier molecular flexibility index (Phi) is 7.89. The molecular formula is C29H34N4O5S2. The van der Waals surface area contributed by atoms with E-state index in [1.807, 2.05) is 31.2 Å². The molecule has 1 saturated heterocycles. The summed E-state index contributed by atoms with van der Waals surface area (Å²) < 4.78 is 54.3. The van der Waals surface area contributed by atoms with Gasteiger partial charge in [-0.1, -0.05) is 48.0 Å². The van der Waals surface area contributed by atoms with Crippen molar-refractivity contribution in [1.29, 1.82) is 0 Å². The quantitative estimate of drug-likeness (QED) is 0.453. The van der Waals surface area contributed by atoms with Gasteiger partial charge in [0.1, 0.15) is 0 Å². The van der Waals surface area contributed by atoms with E-state index in [2.05, 4.69) is 21.8 Å². The van der Waals surface area contributed by atoms with E-state index in [4.69, 9.17) is 0 Å². The maximum atomic E-state index is 13.7. The number of urea groups is 1. The maximum Gasteiger partial charge on any atom is 0.336 e. The minimum absolute atomic E-state index is 0.0156. The van der Waals surface area contributed by atoms with Gasteiger partial charge in [-0.15, -0.1) is 0 Å². The van der Waals surface area contributed by atoms with Crippen LogP contribution in [0.5, 0.6) is 0 Å². The van der Waals surface area contributed by atoms with Crippen molar-refractivity contribution in [2.45, 2.75) is 43.7 Å². The lowest BCUT2D eigenvalue weighted by atomic mass is 10.0. The van der Waals surface area contributed by atoms with Gasteiger partial charge in [-0.25, -0.2) is 26.4 Å². The minimum atomic E-state index is -4.10. The molecule has 2 heterocycles. The van der Waals surface area contributed by atoms with E-state index >= 15 is 0 Å². The van der Waals surface area contributed by atoms with E-state index in [0.29, 0.717) is 37.2 Å². The van der Waals surface area contributed by atoms with Crippen LogP contribution in [0.4, 0.5) is 16.2 Å². The zero-order chi connectivity index (χ0) is 28.5.